The number of hydrogen-bond acceptors (Lipinski definition) is 4. The van der Waals surface area contributed by atoms with Crippen LogP contribution in [-0.4, -0.2) is 39.3 Å². The molecule has 0 saturated carbocycles. The normalized spacial score (nSPS) is 11.5. The number of carbonyl (C=O) groups excluding carboxylic acids is 1. The van der Waals surface area contributed by atoms with E-state index in [1.807, 2.05) is 6.07 Å². The molecular formula is C13H18N2O3Si. The van der Waals surface area contributed by atoms with Crippen LogP contribution in [0.3, 0.4) is 0 Å². The maximum absolute atomic E-state index is 11.0. The van der Waals surface area contributed by atoms with Crippen molar-refractivity contribution in [1.82, 2.24) is 9.78 Å². The predicted molar refractivity (Wildman–Crippen MR) is 76.8 cm³/mol. The zero-order valence-electron chi connectivity index (χ0n) is 11.3. The highest BCUT2D eigenvalue weighted by atomic mass is 28.2. The van der Waals surface area contributed by atoms with Crippen molar-refractivity contribution in [3.8, 4) is 5.75 Å². The van der Waals surface area contributed by atoms with Crippen molar-refractivity contribution in [2.75, 3.05) is 13.7 Å². The van der Waals surface area contributed by atoms with Crippen molar-refractivity contribution in [3.63, 3.8) is 0 Å². The highest BCUT2D eigenvalue weighted by Gasteiger charge is 2.11. The number of aldehydes is 1. The largest absolute Gasteiger partial charge is 0.495 e. The Morgan fingerprint density at radius 1 is 1.47 bits per heavy atom. The Bertz CT molecular complexity index is 568. The van der Waals surface area contributed by atoms with E-state index in [0.717, 1.165) is 23.8 Å². The maximum Gasteiger partial charge on any atom is 0.153 e. The summed E-state index contributed by atoms with van der Waals surface area (Å²) in [5.41, 5.74) is 1.45. The van der Waals surface area contributed by atoms with Crippen LogP contribution in [0.2, 0.25) is 12.6 Å². The van der Waals surface area contributed by atoms with Gasteiger partial charge in [0.25, 0.3) is 0 Å². The van der Waals surface area contributed by atoms with Gasteiger partial charge in [0.1, 0.15) is 12.5 Å². The van der Waals surface area contributed by atoms with Crippen molar-refractivity contribution in [3.05, 3.63) is 23.9 Å². The number of aromatic nitrogens is 2. The minimum Gasteiger partial charge on any atom is -0.495 e. The van der Waals surface area contributed by atoms with Crippen LogP contribution in [-0.2, 0) is 11.5 Å². The number of carbonyl (C=O) groups is 1. The topological polar surface area (TPSA) is 53.3 Å². The third kappa shape index (κ3) is 2.85. The lowest BCUT2D eigenvalue weighted by atomic mass is 10.1. The zero-order chi connectivity index (χ0) is 13.7. The van der Waals surface area contributed by atoms with Gasteiger partial charge in [-0.05, 0) is 18.2 Å². The third-order valence-electron chi connectivity index (χ3n) is 2.99. The molecule has 0 unspecified atom stereocenters. The van der Waals surface area contributed by atoms with Gasteiger partial charge >= 0.3 is 0 Å². The van der Waals surface area contributed by atoms with E-state index in [1.54, 1.807) is 24.1 Å². The summed E-state index contributed by atoms with van der Waals surface area (Å²) in [5.74, 6) is 0.569. The van der Waals surface area contributed by atoms with Gasteiger partial charge < -0.3 is 9.47 Å². The number of benzene rings is 1. The Labute approximate surface area is 114 Å². The summed E-state index contributed by atoms with van der Waals surface area (Å²) < 4.78 is 12.6. The number of nitrogens with zero attached hydrogens (tertiary/aromatic N) is 2. The second-order valence-corrected chi connectivity index (χ2v) is 5.98. The molecule has 0 amide bonds. The average Bonchev–Trinajstić information content (AvgIpc) is 2.85. The fourth-order valence-electron chi connectivity index (χ4n) is 1.97. The summed E-state index contributed by atoms with van der Waals surface area (Å²) in [7, 11) is 1.61. The quantitative estimate of drug-likeness (QED) is 0.437. The van der Waals surface area contributed by atoms with Gasteiger partial charge in [0, 0.05) is 16.1 Å². The molecule has 1 aromatic carbocycles. The monoisotopic (exact) mass is 278 g/mol. The first-order valence-electron chi connectivity index (χ1n) is 6.37. The van der Waals surface area contributed by atoms with Crippen LogP contribution >= 0.6 is 0 Å². The second-order valence-electron chi connectivity index (χ2n) is 4.27. The van der Waals surface area contributed by atoms with Gasteiger partial charge in [-0.2, -0.15) is 5.10 Å². The summed E-state index contributed by atoms with van der Waals surface area (Å²) in [6.07, 6.45) is 2.50. The molecule has 0 N–H and O–H groups in total. The molecule has 102 valence electrons. The molecule has 1 aromatic heterocycles. The summed E-state index contributed by atoms with van der Waals surface area (Å²) in [4.78, 5) is 11.0. The van der Waals surface area contributed by atoms with Crippen molar-refractivity contribution in [1.29, 1.82) is 0 Å². The number of hydrogen-bond donors (Lipinski definition) is 0. The van der Waals surface area contributed by atoms with Crippen LogP contribution in [0, 0.1) is 0 Å². The lowest BCUT2D eigenvalue weighted by Crippen LogP contribution is -2.05. The first-order valence-corrected chi connectivity index (χ1v) is 8.78. The lowest BCUT2D eigenvalue weighted by molar-refractivity contribution is 0.0823. The molecule has 0 radical (unpaired) electrons. The van der Waals surface area contributed by atoms with Gasteiger partial charge in [-0.25, -0.2) is 4.68 Å². The first kappa shape index (κ1) is 13.8. The second kappa shape index (κ2) is 6.49. The van der Waals surface area contributed by atoms with E-state index in [-0.39, 0.29) is 9.52 Å². The van der Waals surface area contributed by atoms with Crippen molar-refractivity contribution in [2.45, 2.75) is 19.3 Å². The van der Waals surface area contributed by atoms with Gasteiger partial charge in [-0.1, -0.05) is 6.55 Å². The molecule has 0 aliphatic heterocycles. The van der Waals surface area contributed by atoms with E-state index in [9.17, 15) is 4.79 Å². The molecule has 6 heteroatoms. The molecule has 1 heterocycles. The Hall–Kier alpha value is -1.66. The SMILES string of the molecule is COc1c(C=O)ccc2c1cnn2COCC[SiH2]C. The summed E-state index contributed by atoms with van der Waals surface area (Å²) >= 11 is 0. The van der Waals surface area contributed by atoms with E-state index < -0.39 is 0 Å². The van der Waals surface area contributed by atoms with E-state index >= 15 is 0 Å². The van der Waals surface area contributed by atoms with E-state index in [0.29, 0.717) is 18.0 Å². The number of ether oxygens (including phenoxy) is 2. The van der Waals surface area contributed by atoms with Crippen molar-refractivity contribution < 1.29 is 14.3 Å². The summed E-state index contributed by atoms with van der Waals surface area (Å²) in [6.45, 7) is 3.48. The fourth-order valence-corrected chi connectivity index (χ4v) is 2.46. The van der Waals surface area contributed by atoms with Crippen LogP contribution in [0.1, 0.15) is 10.4 Å². The van der Waals surface area contributed by atoms with Crippen LogP contribution in [0.4, 0.5) is 0 Å². The van der Waals surface area contributed by atoms with Gasteiger partial charge in [0.05, 0.1) is 29.8 Å². The Morgan fingerprint density at radius 3 is 3.00 bits per heavy atom. The molecule has 0 aliphatic carbocycles. The molecule has 2 rings (SSSR count). The molecule has 5 nitrogen and oxygen atoms in total. The molecule has 0 fully saturated rings. The van der Waals surface area contributed by atoms with E-state index in [2.05, 4.69) is 11.6 Å². The van der Waals surface area contributed by atoms with Crippen LogP contribution < -0.4 is 4.74 Å². The lowest BCUT2D eigenvalue weighted by Gasteiger charge is -2.07. The van der Waals surface area contributed by atoms with Crippen LogP contribution in [0.5, 0.6) is 5.75 Å². The van der Waals surface area contributed by atoms with E-state index in [4.69, 9.17) is 9.47 Å². The Balaban J connectivity index is 2.25. The molecule has 0 atom stereocenters. The van der Waals surface area contributed by atoms with Crippen molar-refractivity contribution >= 4 is 26.7 Å². The molecule has 19 heavy (non-hydrogen) atoms. The average molecular weight is 278 g/mol. The molecule has 0 bridgehead atoms. The van der Waals surface area contributed by atoms with Gasteiger partial charge in [0.15, 0.2) is 6.29 Å². The maximum atomic E-state index is 11.0. The van der Waals surface area contributed by atoms with E-state index in [1.165, 1.54) is 6.04 Å². The number of rotatable bonds is 7. The number of fused-ring (bicyclic) bond motifs is 1. The van der Waals surface area contributed by atoms with Gasteiger partial charge in [-0.15, -0.1) is 0 Å². The molecule has 0 spiro atoms. The zero-order valence-corrected chi connectivity index (χ0v) is 12.7. The number of methoxy groups -OCH3 is 1. The van der Waals surface area contributed by atoms with Gasteiger partial charge in [-0.3, -0.25) is 4.79 Å². The minimum absolute atomic E-state index is 0.0535. The first-order chi connectivity index (χ1) is 9.31. The predicted octanol–water partition coefficient (Wildman–Crippen LogP) is 1.47. The summed E-state index contributed by atoms with van der Waals surface area (Å²) in [6, 6.07) is 4.79. The third-order valence-corrected chi connectivity index (χ3v) is 3.99. The highest BCUT2D eigenvalue weighted by Crippen LogP contribution is 2.28. The Kier molecular flexibility index (Phi) is 4.70. The van der Waals surface area contributed by atoms with Crippen LogP contribution in [0.25, 0.3) is 10.9 Å². The highest BCUT2D eigenvalue weighted by molar-refractivity contribution is 6.33. The van der Waals surface area contributed by atoms with Crippen molar-refractivity contribution in [2.24, 2.45) is 0 Å². The standard InChI is InChI=1S/C13H18N2O3Si/c1-17-13-10(8-16)3-4-12-11(13)7-14-15(12)9-18-5-6-19-2/h3-4,7-8H,5-6,9,19H2,1-2H3. The molecule has 2 aromatic rings. The smallest absolute Gasteiger partial charge is 0.153 e. The van der Waals surface area contributed by atoms with Crippen LogP contribution in [0.15, 0.2) is 18.3 Å². The fraction of sp³-hybridized carbons (Fsp3) is 0.385. The van der Waals surface area contributed by atoms with Gasteiger partial charge in [0.2, 0.25) is 0 Å². The molecule has 0 saturated heterocycles. The Morgan fingerprint density at radius 2 is 2.32 bits per heavy atom. The summed E-state index contributed by atoms with van der Waals surface area (Å²) in [5, 5.41) is 5.12. The minimum atomic E-state index is 0.0535. The molecular weight excluding hydrogens is 260 g/mol. The molecule has 0 aliphatic rings.